The van der Waals surface area contributed by atoms with Crippen molar-refractivity contribution in [3.63, 3.8) is 0 Å². The molecule has 0 fully saturated rings. The zero-order chi connectivity index (χ0) is 11.4. The Morgan fingerprint density at radius 2 is 2.13 bits per heavy atom. The van der Waals surface area contributed by atoms with Gasteiger partial charge in [0, 0.05) is 6.20 Å². The van der Waals surface area contributed by atoms with Crippen LogP contribution in [0.25, 0.3) is 0 Å². The summed E-state index contributed by atoms with van der Waals surface area (Å²) in [5.41, 5.74) is 0.114. The monoisotopic (exact) mass is 210 g/mol. The number of nitrogens with one attached hydrogen (secondary N) is 1. The number of aliphatic carboxylic acids is 1. The summed E-state index contributed by atoms with van der Waals surface area (Å²) in [5.74, 6) is -1.87. The van der Waals surface area contributed by atoms with Crippen LogP contribution >= 0.6 is 0 Å². The fourth-order valence-electron chi connectivity index (χ4n) is 0.894. The van der Waals surface area contributed by atoms with Gasteiger partial charge in [0.2, 0.25) is 0 Å². The predicted octanol–water partition coefficient (Wildman–Crippen LogP) is -0.00990. The molecule has 1 atom stereocenters. The van der Waals surface area contributed by atoms with Gasteiger partial charge in [0.1, 0.15) is 11.8 Å². The number of carbonyl (C=O) groups excluding carboxylic acids is 1. The number of nitrogens with zero attached hydrogens (tertiary/aromatic N) is 1. The SMILES string of the molecule is C[C@H](NC(=O)c1cncc(O)c1)C(=O)O. The van der Waals surface area contributed by atoms with Crippen LogP contribution in [0, 0.1) is 0 Å². The Labute approximate surface area is 85.6 Å². The molecule has 0 radical (unpaired) electrons. The van der Waals surface area contributed by atoms with Gasteiger partial charge in [-0.1, -0.05) is 0 Å². The van der Waals surface area contributed by atoms with Gasteiger partial charge in [0.15, 0.2) is 0 Å². The van der Waals surface area contributed by atoms with Crippen molar-refractivity contribution in [1.82, 2.24) is 10.3 Å². The zero-order valence-corrected chi connectivity index (χ0v) is 7.97. The van der Waals surface area contributed by atoms with Gasteiger partial charge in [0.25, 0.3) is 5.91 Å². The number of aromatic hydroxyl groups is 1. The van der Waals surface area contributed by atoms with Crippen molar-refractivity contribution >= 4 is 11.9 Å². The highest BCUT2D eigenvalue weighted by Crippen LogP contribution is 2.08. The number of carboxylic acids is 1. The molecular formula is C9H10N2O4. The van der Waals surface area contributed by atoms with E-state index in [0.717, 1.165) is 0 Å². The molecule has 15 heavy (non-hydrogen) atoms. The molecule has 0 unspecified atom stereocenters. The third-order valence-electron chi connectivity index (χ3n) is 1.70. The lowest BCUT2D eigenvalue weighted by atomic mass is 10.2. The third-order valence-corrected chi connectivity index (χ3v) is 1.70. The summed E-state index contributed by atoms with van der Waals surface area (Å²) in [6, 6.07) is 0.219. The van der Waals surface area contributed by atoms with Gasteiger partial charge in [-0.2, -0.15) is 0 Å². The topological polar surface area (TPSA) is 99.5 Å². The minimum Gasteiger partial charge on any atom is -0.506 e. The van der Waals surface area contributed by atoms with E-state index in [1.807, 2.05) is 0 Å². The fraction of sp³-hybridized carbons (Fsp3) is 0.222. The van der Waals surface area contributed by atoms with Crippen LogP contribution in [0.4, 0.5) is 0 Å². The average Bonchev–Trinajstić information content (AvgIpc) is 2.17. The molecule has 0 saturated heterocycles. The number of pyridine rings is 1. The van der Waals surface area contributed by atoms with Crippen LogP contribution in [0.1, 0.15) is 17.3 Å². The first-order chi connectivity index (χ1) is 7.00. The van der Waals surface area contributed by atoms with Gasteiger partial charge in [-0.3, -0.25) is 14.6 Å². The van der Waals surface area contributed by atoms with Gasteiger partial charge in [-0.25, -0.2) is 0 Å². The second-order valence-corrected chi connectivity index (χ2v) is 2.97. The molecule has 6 heteroatoms. The number of carboxylic acid groups (broad SMARTS) is 1. The van der Waals surface area contributed by atoms with E-state index in [4.69, 9.17) is 10.2 Å². The Bertz CT molecular complexity index is 391. The Balaban J connectivity index is 2.73. The van der Waals surface area contributed by atoms with E-state index in [9.17, 15) is 9.59 Å². The summed E-state index contributed by atoms with van der Waals surface area (Å²) in [6.07, 6.45) is 2.42. The van der Waals surface area contributed by atoms with Crippen LogP contribution in [-0.4, -0.2) is 33.1 Å². The molecule has 0 saturated carbocycles. The Kier molecular flexibility index (Phi) is 3.22. The molecule has 0 aromatic carbocycles. The highest BCUT2D eigenvalue weighted by molar-refractivity contribution is 5.96. The number of hydrogen-bond donors (Lipinski definition) is 3. The van der Waals surface area contributed by atoms with Crippen molar-refractivity contribution in [3.8, 4) is 5.75 Å². The highest BCUT2D eigenvalue weighted by atomic mass is 16.4. The minimum absolute atomic E-state index is 0.114. The molecule has 1 aromatic heterocycles. The van der Waals surface area contributed by atoms with Crippen molar-refractivity contribution in [3.05, 3.63) is 24.0 Å². The largest absolute Gasteiger partial charge is 0.506 e. The number of amides is 1. The second-order valence-electron chi connectivity index (χ2n) is 2.97. The predicted molar refractivity (Wildman–Crippen MR) is 50.5 cm³/mol. The Morgan fingerprint density at radius 1 is 1.47 bits per heavy atom. The van der Waals surface area contributed by atoms with Crippen LogP contribution in [0.2, 0.25) is 0 Å². The van der Waals surface area contributed by atoms with E-state index in [2.05, 4.69) is 10.3 Å². The maximum atomic E-state index is 11.4. The number of rotatable bonds is 3. The lowest BCUT2D eigenvalue weighted by Crippen LogP contribution is -2.38. The number of carbonyl (C=O) groups is 2. The van der Waals surface area contributed by atoms with Crippen LogP contribution in [0.15, 0.2) is 18.5 Å². The molecule has 80 valence electrons. The molecule has 0 aliphatic heterocycles. The van der Waals surface area contributed by atoms with E-state index in [1.165, 1.54) is 25.4 Å². The van der Waals surface area contributed by atoms with Crippen molar-refractivity contribution in [2.24, 2.45) is 0 Å². The van der Waals surface area contributed by atoms with Gasteiger partial charge in [-0.05, 0) is 13.0 Å². The van der Waals surface area contributed by atoms with E-state index in [0.29, 0.717) is 0 Å². The number of aromatic nitrogens is 1. The summed E-state index contributed by atoms with van der Waals surface area (Å²) in [5, 5.41) is 19.8. The van der Waals surface area contributed by atoms with Crippen molar-refractivity contribution in [2.75, 3.05) is 0 Å². The summed E-state index contributed by atoms with van der Waals surface area (Å²) in [7, 11) is 0. The first-order valence-electron chi connectivity index (χ1n) is 4.18. The Morgan fingerprint density at radius 3 is 2.67 bits per heavy atom. The summed E-state index contributed by atoms with van der Waals surface area (Å²) < 4.78 is 0. The van der Waals surface area contributed by atoms with E-state index in [1.54, 1.807) is 0 Å². The fourth-order valence-corrected chi connectivity index (χ4v) is 0.894. The maximum absolute atomic E-state index is 11.4. The van der Waals surface area contributed by atoms with Crippen LogP contribution in [-0.2, 0) is 4.79 Å². The molecule has 6 nitrogen and oxygen atoms in total. The van der Waals surface area contributed by atoms with Crippen molar-refractivity contribution < 1.29 is 19.8 Å². The van der Waals surface area contributed by atoms with E-state index < -0.39 is 17.9 Å². The lowest BCUT2D eigenvalue weighted by molar-refractivity contribution is -0.138. The average molecular weight is 210 g/mol. The first-order valence-corrected chi connectivity index (χ1v) is 4.18. The molecule has 0 aliphatic carbocycles. The van der Waals surface area contributed by atoms with Gasteiger partial charge in [-0.15, -0.1) is 0 Å². The molecule has 1 aromatic rings. The van der Waals surface area contributed by atoms with Crippen LogP contribution in [0.3, 0.4) is 0 Å². The summed E-state index contributed by atoms with van der Waals surface area (Å²) in [6.45, 7) is 1.34. The van der Waals surface area contributed by atoms with Crippen LogP contribution < -0.4 is 5.32 Å². The lowest BCUT2D eigenvalue weighted by Gasteiger charge is -2.08. The molecule has 3 N–H and O–H groups in total. The third kappa shape index (κ3) is 2.94. The van der Waals surface area contributed by atoms with Crippen molar-refractivity contribution in [2.45, 2.75) is 13.0 Å². The smallest absolute Gasteiger partial charge is 0.325 e. The standard InChI is InChI=1S/C9H10N2O4/c1-5(9(14)15)11-8(13)6-2-7(12)4-10-3-6/h2-5,12H,1H3,(H,11,13)(H,14,15)/t5-/m0/s1. The number of hydrogen-bond acceptors (Lipinski definition) is 4. The zero-order valence-electron chi connectivity index (χ0n) is 7.97. The van der Waals surface area contributed by atoms with Gasteiger partial charge in [0.05, 0.1) is 11.8 Å². The second kappa shape index (κ2) is 4.41. The summed E-state index contributed by atoms with van der Waals surface area (Å²) in [4.78, 5) is 25.4. The summed E-state index contributed by atoms with van der Waals surface area (Å²) >= 11 is 0. The van der Waals surface area contributed by atoms with Gasteiger partial charge < -0.3 is 15.5 Å². The minimum atomic E-state index is -1.13. The highest BCUT2D eigenvalue weighted by Gasteiger charge is 2.15. The molecular weight excluding hydrogens is 200 g/mol. The molecule has 0 bridgehead atoms. The van der Waals surface area contributed by atoms with E-state index in [-0.39, 0.29) is 11.3 Å². The quantitative estimate of drug-likeness (QED) is 0.651. The normalized spacial score (nSPS) is 11.8. The molecule has 0 aliphatic rings. The van der Waals surface area contributed by atoms with Gasteiger partial charge >= 0.3 is 5.97 Å². The molecule has 1 amide bonds. The maximum Gasteiger partial charge on any atom is 0.325 e. The van der Waals surface area contributed by atoms with Crippen LogP contribution in [0.5, 0.6) is 5.75 Å². The van der Waals surface area contributed by atoms with E-state index >= 15 is 0 Å². The first kappa shape index (κ1) is 11.0. The molecule has 1 rings (SSSR count). The Hall–Kier alpha value is -2.11. The van der Waals surface area contributed by atoms with Crippen molar-refractivity contribution in [1.29, 1.82) is 0 Å². The molecule has 1 heterocycles. The molecule has 0 spiro atoms.